The molecule has 9 heteroatoms. The van der Waals surface area contributed by atoms with E-state index in [9.17, 15) is 13.2 Å². The molecule has 2 aromatic rings. The Balaban J connectivity index is 0.00000320. The van der Waals surface area contributed by atoms with Crippen LogP contribution in [-0.2, 0) is 17.5 Å². The number of aliphatic imine (C=N–C) groups is 1. The molecule has 1 saturated heterocycles. The zero-order valence-electron chi connectivity index (χ0n) is 16.9. The number of aromatic nitrogens is 1. The van der Waals surface area contributed by atoms with Gasteiger partial charge < -0.3 is 15.0 Å². The maximum atomic E-state index is 13.0. The first-order chi connectivity index (χ1) is 13.9. The molecule has 1 fully saturated rings. The van der Waals surface area contributed by atoms with Crippen LogP contribution in [-0.4, -0.2) is 42.1 Å². The number of alkyl halides is 3. The summed E-state index contributed by atoms with van der Waals surface area (Å²) >= 11 is 0. The largest absolute Gasteiger partial charge is 0.416 e. The zero-order chi connectivity index (χ0) is 20.9. The third-order valence-electron chi connectivity index (χ3n) is 4.62. The van der Waals surface area contributed by atoms with Gasteiger partial charge in [-0.25, -0.2) is 4.99 Å². The summed E-state index contributed by atoms with van der Waals surface area (Å²) in [4.78, 5) is 11.1. The number of guanidine groups is 1. The minimum atomic E-state index is -4.37. The van der Waals surface area contributed by atoms with Gasteiger partial charge in [-0.1, -0.05) is 18.2 Å². The normalized spacial score (nSPS) is 17.4. The van der Waals surface area contributed by atoms with Crippen LogP contribution in [0.1, 0.15) is 35.5 Å². The van der Waals surface area contributed by atoms with E-state index in [0.29, 0.717) is 44.3 Å². The van der Waals surface area contributed by atoms with Gasteiger partial charge in [-0.05, 0) is 43.7 Å². The van der Waals surface area contributed by atoms with E-state index in [-0.39, 0.29) is 24.0 Å². The molecule has 3 rings (SSSR count). The Morgan fingerprint density at radius 1 is 1.27 bits per heavy atom. The molecule has 0 spiro atoms. The van der Waals surface area contributed by atoms with Crippen LogP contribution in [0.2, 0.25) is 0 Å². The van der Waals surface area contributed by atoms with Gasteiger partial charge in [-0.2, -0.15) is 13.2 Å². The lowest BCUT2D eigenvalue weighted by molar-refractivity contribution is -0.137. The lowest BCUT2D eigenvalue weighted by Gasteiger charge is -2.35. The zero-order valence-corrected chi connectivity index (χ0v) is 19.3. The summed E-state index contributed by atoms with van der Waals surface area (Å²) in [5, 5.41) is 3.26. The van der Waals surface area contributed by atoms with Crippen molar-refractivity contribution in [1.82, 2.24) is 15.2 Å². The molecule has 30 heavy (non-hydrogen) atoms. The van der Waals surface area contributed by atoms with E-state index in [0.717, 1.165) is 23.5 Å². The molecule has 1 aliphatic rings. The molecule has 1 aromatic heterocycles. The molecule has 2 heterocycles. The number of ether oxygens (including phenoxy) is 1. The number of hydrogen-bond acceptors (Lipinski definition) is 3. The molecule has 1 N–H and O–H groups in total. The van der Waals surface area contributed by atoms with Gasteiger partial charge >= 0.3 is 6.18 Å². The second-order valence-corrected chi connectivity index (χ2v) is 6.87. The van der Waals surface area contributed by atoms with E-state index in [1.54, 1.807) is 6.07 Å². The summed E-state index contributed by atoms with van der Waals surface area (Å²) in [5.41, 5.74) is 1.64. The summed E-state index contributed by atoms with van der Waals surface area (Å²) in [5.74, 6) is 0.705. The Morgan fingerprint density at radius 3 is 2.73 bits per heavy atom. The van der Waals surface area contributed by atoms with E-state index >= 15 is 0 Å². The summed E-state index contributed by atoms with van der Waals surface area (Å²) in [6, 6.07) is 11.1. The fraction of sp³-hybridized carbons (Fsp3) is 0.429. The lowest BCUT2D eigenvalue weighted by Crippen LogP contribution is -2.48. The average molecular weight is 534 g/mol. The van der Waals surface area contributed by atoms with Crippen molar-refractivity contribution in [1.29, 1.82) is 0 Å². The van der Waals surface area contributed by atoms with Crippen molar-refractivity contribution in [3.63, 3.8) is 0 Å². The molecule has 1 unspecified atom stereocenters. The Bertz CT molecular complexity index is 860. The highest BCUT2D eigenvalue weighted by molar-refractivity contribution is 14.0. The highest BCUT2D eigenvalue weighted by atomic mass is 127. The van der Waals surface area contributed by atoms with Crippen molar-refractivity contribution >= 4 is 29.9 Å². The van der Waals surface area contributed by atoms with Gasteiger partial charge in [0.2, 0.25) is 0 Å². The molecule has 0 bridgehead atoms. The van der Waals surface area contributed by atoms with Gasteiger partial charge in [0.1, 0.15) is 6.10 Å². The Labute approximate surface area is 191 Å². The monoisotopic (exact) mass is 534 g/mol. The Morgan fingerprint density at radius 2 is 2.03 bits per heavy atom. The van der Waals surface area contributed by atoms with Gasteiger partial charge in [-0.3, -0.25) is 4.98 Å². The summed E-state index contributed by atoms with van der Waals surface area (Å²) in [7, 11) is 0. The van der Waals surface area contributed by atoms with Crippen LogP contribution in [0.25, 0.3) is 0 Å². The number of rotatable bonds is 4. The minimum Gasteiger partial charge on any atom is -0.370 e. The average Bonchev–Trinajstić information content (AvgIpc) is 2.71. The van der Waals surface area contributed by atoms with Crippen LogP contribution in [0.15, 0.2) is 47.5 Å². The highest BCUT2D eigenvalue weighted by Gasteiger charge is 2.32. The third kappa shape index (κ3) is 6.56. The summed E-state index contributed by atoms with van der Waals surface area (Å²) < 4.78 is 44.9. The molecule has 0 amide bonds. The maximum absolute atomic E-state index is 13.0. The number of nitrogens with one attached hydrogen (secondary N) is 1. The molecule has 0 aliphatic carbocycles. The number of morpholine rings is 1. The van der Waals surface area contributed by atoms with Crippen LogP contribution < -0.4 is 5.32 Å². The third-order valence-corrected chi connectivity index (χ3v) is 4.62. The van der Waals surface area contributed by atoms with Gasteiger partial charge in [-0.15, -0.1) is 24.0 Å². The molecular weight excluding hydrogens is 508 g/mol. The molecule has 1 aromatic carbocycles. The van der Waals surface area contributed by atoms with Crippen LogP contribution >= 0.6 is 24.0 Å². The molecular formula is C21H26F3IN4O. The van der Waals surface area contributed by atoms with E-state index in [4.69, 9.17) is 4.74 Å². The summed E-state index contributed by atoms with van der Waals surface area (Å²) in [6.45, 7) is 6.47. The number of nitrogens with zero attached hydrogens (tertiary/aromatic N) is 3. The van der Waals surface area contributed by atoms with Crippen molar-refractivity contribution in [2.75, 3.05) is 26.2 Å². The molecule has 5 nitrogen and oxygen atoms in total. The molecule has 0 radical (unpaired) electrons. The van der Waals surface area contributed by atoms with Gasteiger partial charge in [0, 0.05) is 18.8 Å². The number of pyridine rings is 1. The molecule has 1 atom stereocenters. The second-order valence-electron chi connectivity index (χ2n) is 6.87. The van der Waals surface area contributed by atoms with Crippen LogP contribution in [0.4, 0.5) is 13.2 Å². The van der Waals surface area contributed by atoms with Gasteiger partial charge in [0.05, 0.1) is 31.0 Å². The van der Waals surface area contributed by atoms with Crippen molar-refractivity contribution in [3.05, 3.63) is 65.0 Å². The van der Waals surface area contributed by atoms with E-state index in [2.05, 4.69) is 15.3 Å². The molecule has 0 saturated carbocycles. The van der Waals surface area contributed by atoms with Crippen molar-refractivity contribution in [2.24, 2.45) is 4.99 Å². The highest BCUT2D eigenvalue weighted by Crippen LogP contribution is 2.32. The number of hydrogen-bond donors (Lipinski definition) is 1. The first-order valence-electron chi connectivity index (χ1n) is 9.61. The fourth-order valence-electron chi connectivity index (χ4n) is 3.23. The predicted molar refractivity (Wildman–Crippen MR) is 121 cm³/mol. The fourth-order valence-corrected chi connectivity index (χ4v) is 3.23. The van der Waals surface area contributed by atoms with Crippen LogP contribution in [0, 0.1) is 6.92 Å². The predicted octanol–water partition coefficient (Wildman–Crippen LogP) is 4.57. The smallest absolute Gasteiger partial charge is 0.370 e. The van der Waals surface area contributed by atoms with Crippen molar-refractivity contribution in [2.45, 2.75) is 32.7 Å². The molecule has 1 aliphatic heterocycles. The van der Waals surface area contributed by atoms with Gasteiger partial charge in [0.15, 0.2) is 5.96 Å². The Hall–Kier alpha value is -1.88. The SMILES string of the molecule is CCNC(=NCc1cccc(C)n1)N1CCOC(c2cccc(C(F)(F)F)c2)C1.I. The van der Waals surface area contributed by atoms with E-state index in [1.807, 2.05) is 36.9 Å². The van der Waals surface area contributed by atoms with Crippen LogP contribution in [0.5, 0.6) is 0 Å². The molecule has 164 valence electrons. The van der Waals surface area contributed by atoms with Crippen molar-refractivity contribution in [3.8, 4) is 0 Å². The van der Waals surface area contributed by atoms with Crippen molar-refractivity contribution < 1.29 is 17.9 Å². The second kappa shape index (κ2) is 10.9. The quantitative estimate of drug-likeness (QED) is 0.355. The first-order valence-corrected chi connectivity index (χ1v) is 9.61. The van der Waals surface area contributed by atoms with Gasteiger partial charge in [0.25, 0.3) is 0 Å². The van der Waals surface area contributed by atoms with E-state index in [1.165, 1.54) is 6.07 Å². The lowest BCUT2D eigenvalue weighted by atomic mass is 10.0. The minimum absolute atomic E-state index is 0. The van der Waals surface area contributed by atoms with Crippen LogP contribution in [0.3, 0.4) is 0 Å². The first kappa shape index (κ1) is 24.4. The number of aryl methyl sites for hydroxylation is 1. The summed E-state index contributed by atoms with van der Waals surface area (Å²) in [6.07, 6.45) is -4.83. The standard InChI is InChI=1S/C21H25F3N4O.HI/c1-3-25-20(26-13-18-9-4-6-15(2)27-18)28-10-11-29-19(14-28)16-7-5-8-17(12-16)21(22,23)24;/h4-9,12,19H,3,10-11,13-14H2,1-2H3,(H,25,26);1H. The number of halogens is 4. The topological polar surface area (TPSA) is 49.8 Å². The Kier molecular flexibility index (Phi) is 8.90. The van der Waals surface area contributed by atoms with E-state index < -0.39 is 17.8 Å². The maximum Gasteiger partial charge on any atom is 0.416 e. The number of benzene rings is 1.